The second-order valence-electron chi connectivity index (χ2n) is 5.20. The van der Waals surface area contributed by atoms with Crippen molar-refractivity contribution in [2.75, 3.05) is 11.9 Å². The van der Waals surface area contributed by atoms with E-state index in [1.165, 1.54) is 0 Å². The van der Waals surface area contributed by atoms with E-state index < -0.39 is 9.96 Å². The fourth-order valence-corrected chi connectivity index (χ4v) is 2.43. The highest BCUT2D eigenvalue weighted by Gasteiger charge is 2.34. The van der Waals surface area contributed by atoms with Gasteiger partial charge in [0, 0.05) is 12.1 Å². The summed E-state index contributed by atoms with van der Waals surface area (Å²) in [6, 6.07) is 7.24. The molecular formula is C16H22Cl3N3O2S. The van der Waals surface area contributed by atoms with Crippen molar-refractivity contribution in [1.82, 2.24) is 10.6 Å². The molecule has 5 nitrogen and oxygen atoms in total. The van der Waals surface area contributed by atoms with E-state index >= 15 is 0 Å². The maximum absolute atomic E-state index is 11.9. The molecule has 1 rings (SSSR count). The van der Waals surface area contributed by atoms with Crippen LogP contribution in [0.5, 0.6) is 5.75 Å². The number of carbonyl (C=O) groups excluding carboxylic acids is 1. The van der Waals surface area contributed by atoms with Gasteiger partial charge in [0.05, 0.1) is 6.61 Å². The minimum absolute atomic E-state index is 0.213. The van der Waals surface area contributed by atoms with Gasteiger partial charge in [-0.15, -0.1) is 0 Å². The number of benzene rings is 1. The summed E-state index contributed by atoms with van der Waals surface area (Å²) in [5.74, 6) is 0.545. The van der Waals surface area contributed by atoms with Gasteiger partial charge in [0.15, 0.2) is 5.11 Å². The molecule has 1 aromatic carbocycles. The first-order valence-corrected chi connectivity index (χ1v) is 9.47. The third-order valence-corrected chi connectivity index (χ3v) is 3.96. The van der Waals surface area contributed by atoms with Gasteiger partial charge in [0.2, 0.25) is 9.70 Å². The summed E-state index contributed by atoms with van der Waals surface area (Å²) in [5.41, 5.74) is 0.737. The number of anilines is 1. The Kier molecular flexibility index (Phi) is 9.64. The van der Waals surface area contributed by atoms with E-state index in [4.69, 9.17) is 51.8 Å². The van der Waals surface area contributed by atoms with Gasteiger partial charge < -0.3 is 20.7 Å². The molecule has 0 aliphatic heterocycles. The van der Waals surface area contributed by atoms with E-state index in [2.05, 4.69) is 16.0 Å². The van der Waals surface area contributed by atoms with E-state index in [-0.39, 0.29) is 11.0 Å². The Labute approximate surface area is 168 Å². The molecule has 0 spiro atoms. The number of halogens is 3. The first-order valence-electron chi connectivity index (χ1n) is 7.92. The number of ether oxygens (including phenoxy) is 1. The number of rotatable bonds is 8. The molecule has 3 N–H and O–H groups in total. The van der Waals surface area contributed by atoms with Gasteiger partial charge in [-0.25, -0.2) is 0 Å². The number of nitrogens with one attached hydrogen (secondary N) is 3. The molecule has 0 fully saturated rings. The van der Waals surface area contributed by atoms with Crippen molar-refractivity contribution < 1.29 is 9.53 Å². The molecule has 0 unspecified atom stereocenters. The fraction of sp³-hybridized carbons (Fsp3) is 0.500. The first-order chi connectivity index (χ1) is 11.8. The van der Waals surface area contributed by atoms with Crippen LogP contribution in [0.4, 0.5) is 5.69 Å². The number of alkyl halides is 3. The predicted molar refractivity (Wildman–Crippen MR) is 109 cm³/mol. The first kappa shape index (κ1) is 22.1. The topological polar surface area (TPSA) is 62.4 Å². The zero-order chi connectivity index (χ0) is 18.9. The second kappa shape index (κ2) is 10.9. The summed E-state index contributed by atoms with van der Waals surface area (Å²) < 4.78 is 3.62. The number of amides is 1. The van der Waals surface area contributed by atoms with Gasteiger partial charge in [-0.05, 0) is 49.8 Å². The van der Waals surface area contributed by atoms with Gasteiger partial charge in [-0.3, -0.25) is 4.79 Å². The van der Waals surface area contributed by atoms with Crippen molar-refractivity contribution in [2.24, 2.45) is 0 Å². The van der Waals surface area contributed by atoms with Crippen molar-refractivity contribution in [3.63, 3.8) is 0 Å². The third-order valence-electron chi connectivity index (χ3n) is 3.09. The zero-order valence-corrected chi connectivity index (χ0v) is 17.2. The van der Waals surface area contributed by atoms with Crippen molar-refractivity contribution in [2.45, 2.75) is 43.1 Å². The van der Waals surface area contributed by atoms with Crippen LogP contribution in [0, 0.1) is 0 Å². The number of unbranched alkanes of at least 4 members (excludes halogenated alkanes) is 1. The SMILES string of the molecule is CCCCC(=O)N[C@@H](NC(=S)Nc1ccc(OCC)cc1)C(Cl)(Cl)Cl. The lowest BCUT2D eigenvalue weighted by Crippen LogP contribution is -2.56. The third kappa shape index (κ3) is 8.81. The molecule has 0 bridgehead atoms. The predicted octanol–water partition coefficient (Wildman–Crippen LogP) is 4.37. The summed E-state index contributed by atoms with van der Waals surface area (Å²) >= 11 is 23.0. The van der Waals surface area contributed by atoms with Crippen molar-refractivity contribution >= 4 is 63.7 Å². The lowest BCUT2D eigenvalue weighted by atomic mass is 10.2. The van der Waals surface area contributed by atoms with Gasteiger partial charge in [-0.2, -0.15) is 0 Å². The Morgan fingerprint density at radius 1 is 1.20 bits per heavy atom. The molecule has 0 aromatic heterocycles. The standard InChI is InChI=1S/C16H22Cl3N3O2S/c1-3-5-6-13(23)21-14(16(17,18)19)22-15(25)20-11-7-9-12(10-8-11)24-4-2/h7-10,14H,3-6H2,1-2H3,(H,21,23)(H2,20,22,25)/t14-/m0/s1. The van der Waals surface area contributed by atoms with Gasteiger partial charge in [-0.1, -0.05) is 48.1 Å². The summed E-state index contributed by atoms with van der Waals surface area (Å²) in [7, 11) is 0. The normalized spacial score (nSPS) is 12.2. The van der Waals surface area contributed by atoms with E-state index in [0.29, 0.717) is 13.0 Å². The summed E-state index contributed by atoms with van der Waals surface area (Å²) in [6.45, 7) is 4.50. The van der Waals surface area contributed by atoms with Crippen LogP contribution in [-0.2, 0) is 4.79 Å². The molecule has 0 radical (unpaired) electrons. The molecule has 1 atom stereocenters. The minimum atomic E-state index is -1.76. The van der Waals surface area contributed by atoms with Gasteiger partial charge in [0.25, 0.3) is 0 Å². The maximum atomic E-state index is 11.9. The van der Waals surface area contributed by atoms with Crippen LogP contribution in [0.15, 0.2) is 24.3 Å². The Bertz CT molecular complexity index is 565. The molecule has 9 heteroatoms. The molecule has 0 heterocycles. The highest BCUT2D eigenvalue weighted by Crippen LogP contribution is 2.29. The molecule has 1 aromatic rings. The van der Waals surface area contributed by atoms with Crippen molar-refractivity contribution in [3.05, 3.63) is 24.3 Å². The molecule has 0 saturated carbocycles. The molecule has 25 heavy (non-hydrogen) atoms. The highest BCUT2D eigenvalue weighted by molar-refractivity contribution is 7.80. The lowest BCUT2D eigenvalue weighted by molar-refractivity contribution is -0.122. The average molecular weight is 427 g/mol. The zero-order valence-electron chi connectivity index (χ0n) is 14.1. The van der Waals surface area contributed by atoms with Crippen LogP contribution in [0.2, 0.25) is 0 Å². The minimum Gasteiger partial charge on any atom is -0.494 e. The number of hydrogen-bond donors (Lipinski definition) is 3. The van der Waals surface area contributed by atoms with E-state index in [0.717, 1.165) is 24.3 Å². The summed E-state index contributed by atoms with van der Waals surface area (Å²) in [5, 5.41) is 8.64. The Morgan fingerprint density at radius 2 is 1.84 bits per heavy atom. The summed E-state index contributed by atoms with van der Waals surface area (Å²) in [4.78, 5) is 11.9. The van der Waals surface area contributed by atoms with Crippen molar-refractivity contribution in [3.8, 4) is 5.75 Å². The molecular weight excluding hydrogens is 405 g/mol. The quantitative estimate of drug-likeness (QED) is 0.327. The fourth-order valence-electron chi connectivity index (χ4n) is 1.87. The van der Waals surface area contributed by atoms with Crippen molar-refractivity contribution in [1.29, 1.82) is 0 Å². The maximum Gasteiger partial charge on any atom is 0.228 e. The van der Waals surface area contributed by atoms with Crippen LogP contribution in [-0.4, -0.2) is 27.6 Å². The monoisotopic (exact) mass is 425 g/mol. The van der Waals surface area contributed by atoms with Crippen LogP contribution >= 0.6 is 47.0 Å². The lowest BCUT2D eigenvalue weighted by Gasteiger charge is -2.27. The molecule has 140 valence electrons. The van der Waals surface area contributed by atoms with Crippen LogP contribution in [0.3, 0.4) is 0 Å². The van der Waals surface area contributed by atoms with E-state index in [1.807, 2.05) is 38.1 Å². The molecule has 0 aliphatic carbocycles. The van der Waals surface area contributed by atoms with Gasteiger partial charge >= 0.3 is 0 Å². The van der Waals surface area contributed by atoms with Crippen LogP contribution < -0.4 is 20.7 Å². The molecule has 1 amide bonds. The second-order valence-corrected chi connectivity index (χ2v) is 7.98. The summed E-state index contributed by atoms with van der Waals surface area (Å²) in [6.07, 6.45) is 1.06. The Hall–Kier alpha value is -0.950. The number of hydrogen-bond acceptors (Lipinski definition) is 3. The van der Waals surface area contributed by atoms with E-state index in [1.54, 1.807) is 0 Å². The molecule has 0 saturated heterocycles. The van der Waals surface area contributed by atoms with Crippen LogP contribution in [0.25, 0.3) is 0 Å². The highest BCUT2D eigenvalue weighted by atomic mass is 35.6. The average Bonchev–Trinajstić information content (AvgIpc) is 2.53. The van der Waals surface area contributed by atoms with E-state index in [9.17, 15) is 4.79 Å². The van der Waals surface area contributed by atoms with Crippen LogP contribution in [0.1, 0.15) is 33.1 Å². The molecule has 0 aliphatic rings. The largest absolute Gasteiger partial charge is 0.494 e. The Morgan fingerprint density at radius 3 is 2.36 bits per heavy atom. The number of carbonyl (C=O) groups is 1. The van der Waals surface area contributed by atoms with Gasteiger partial charge in [0.1, 0.15) is 11.9 Å². The smallest absolute Gasteiger partial charge is 0.228 e. The Balaban J connectivity index is 2.63. The number of thiocarbonyl (C=S) groups is 1.